The highest BCUT2D eigenvalue weighted by molar-refractivity contribution is 5.95. The number of rotatable bonds is 3. The van der Waals surface area contributed by atoms with E-state index in [-0.39, 0.29) is 11.4 Å². The van der Waals surface area contributed by atoms with Crippen LogP contribution in [0.5, 0.6) is 0 Å². The molecule has 3 nitrogen and oxygen atoms in total. The van der Waals surface area contributed by atoms with Crippen LogP contribution in [0.4, 0.5) is 0 Å². The van der Waals surface area contributed by atoms with Crippen molar-refractivity contribution in [1.29, 1.82) is 0 Å². The molecule has 0 radical (unpaired) electrons. The van der Waals surface area contributed by atoms with Gasteiger partial charge in [0.25, 0.3) is 5.91 Å². The van der Waals surface area contributed by atoms with Gasteiger partial charge in [-0.25, -0.2) is 0 Å². The third-order valence-electron chi connectivity index (χ3n) is 3.01. The van der Waals surface area contributed by atoms with Crippen LogP contribution >= 0.6 is 0 Å². The molecule has 0 bridgehead atoms. The number of carbonyl (C=O) groups is 1. The summed E-state index contributed by atoms with van der Waals surface area (Å²) in [5, 5.41) is 3.02. The molecular formula is C16H22N2O. The molecule has 0 saturated carbocycles. The van der Waals surface area contributed by atoms with E-state index in [4.69, 9.17) is 5.73 Å². The zero-order valence-corrected chi connectivity index (χ0v) is 12.1. The van der Waals surface area contributed by atoms with Gasteiger partial charge >= 0.3 is 0 Å². The molecule has 0 heterocycles. The molecule has 0 spiro atoms. The van der Waals surface area contributed by atoms with Crippen molar-refractivity contribution < 1.29 is 4.79 Å². The Balaban J connectivity index is 3.00. The van der Waals surface area contributed by atoms with Crippen molar-refractivity contribution in [2.45, 2.75) is 39.7 Å². The molecule has 19 heavy (non-hydrogen) atoms. The van der Waals surface area contributed by atoms with Crippen molar-refractivity contribution in [2.24, 2.45) is 5.73 Å². The fraction of sp³-hybridized carbons (Fsp3) is 0.438. The van der Waals surface area contributed by atoms with Gasteiger partial charge in [-0.05, 0) is 51.0 Å². The van der Waals surface area contributed by atoms with Crippen LogP contribution in [0.15, 0.2) is 18.2 Å². The topological polar surface area (TPSA) is 55.1 Å². The van der Waals surface area contributed by atoms with E-state index in [9.17, 15) is 4.79 Å². The lowest BCUT2D eigenvalue weighted by Crippen LogP contribution is -2.42. The second-order valence-electron chi connectivity index (χ2n) is 5.29. The number of nitrogens with two attached hydrogens (primary N) is 1. The molecule has 3 N–H and O–H groups in total. The average Bonchev–Trinajstić information content (AvgIpc) is 2.35. The van der Waals surface area contributed by atoms with Crippen molar-refractivity contribution in [3.8, 4) is 11.8 Å². The Bertz CT molecular complexity index is 521. The Labute approximate surface area is 115 Å². The van der Waals surface area contributed by atoms with Crippen LogP contribution < -0.4 is 11.1 Å². The Kier molecular flexibility index (Phi) is 5.14. The molecular weight excluding hydrogens is 236 g/mol. The molecule has 102 valence electrons. The van der Waals surface area contributed by atoms with E-state index in [1.807, 2.05) is 32.9 Å². The van der Waals surface area contributed by atoms with Crippen molar-refractivity contribution in [3.05, 3.63) is 34.9 Å². The van der Waals surface area contributed by atoms with Gasteiger partial charge in [0.1, 0.15) is 0 Å². The van der Waals surface area contributed by atoms with E-state index < -0.39 is 0 Å². The molecule has 0 aliphatic rings. The van der Waals surface area contributed by atoms with E-state index >= 15 is 0 Å². The molecule has 0 fully saturated rings. The summed E-state index contributed by atoms with van der Waals surface area (Å²) in [7, 11) is 0. The number of aryl methyl sites for hydroxylation is 1. The molecule has 1 amide bonds. The molecule has 0 atom stereocenters. The first-order valence-electron chi connectivity index (χ1n) is 6.51. The fourth-order valence-electron chi connectivity index (χ4n) is 1.61. The van der Waals surface area contributed by atoms with Crippen LogP contribution in [0, 0.1) is 18.8 Å². The Morgan fingerprint density at radius 3 is 2.63 bits per heavy atom. The number of amides is 1. The van der Waals surface area contributed by atoms with Crippen molar-refractivity contribution >= 4 is 5.91 Å². The van der Waals surface area contributed by atoms with Crippen LogP contribution in [-0.2, 0) is 0 Å². The summed E-state index contributed by atoms with van der Waals surface area (Å²) in [4.78, 5) is 12.2. The van der Waals surface area contributed by atoms with Gasteiger partial charge in [0.05, 0.1) is 6.54 Å². The maximum Gasteiger partial charge on any atom is 0.251 e. The summed E-state index contributed by atoms with van der Waals surface area (Å²) in [6.07, 6.45) is 0.879. The van der Waals surface area contributed by atoms with Crippen molar-refractivity contribution in [3.63, 3.8) is 0 Å². The first-order valence-corrected chi connectivity index (χ1v) is 6.51. The minimum atomic E-state index is -0.204. The first kappa shape index (κ1) is 15.3. The van der Waals surface area contributed by atoms with E-state index in [0.717, 1.165) is 17.5 Å². The summed E-state index contributed by atoms with van der Waals surface area (Å²) < 4.78 is 0. The second kappa shape index (κ2) is 6.40. The summed E-state index contributed by atoms with van der Waals surface area (Å²) in [6, 6.07) is 5.62. The van der Waals surface area contributed by atoms with Gasteiger partial charge in [0, 0.05) is 16.7 Å². The maximum atomic E-state index is 12.2. The SMILES string of the molecule is CCC(C)(C)NC(=O)c1cc(C)cc(C#CCN)c1. The van der Waals surface area contributed by atoms with E-state index in [2.05, 4.69) is 24.1 Å². The number of carbonyl (C=O) groups excluding carboxylic acids is 1. The Morgan fingerprint density at radius 2 is 2.05 bits per heavy atom. The van der Waals surface area contributed by atoms with Crippen LogP contribution in [0.2, 0.25) is 0 Å². The van der Waals surface area contributed by atoms with Gasteiger partial charge in [-0.15, -0.1) is 0 Å². The summed E-state index contributed by atoms with van der Waals surface area (Å²) in [6.45, 7) is 8.34. The molecule has 0 saturated heterocycles. The molecule has 1 rings (SSSR count). The average molecular weight is 258 g/mol. The Morgan fingerprint density at radius 1 is 1.37 bits per heavy atom. The predicted octanol–water partition coefficient (Wildman–Crippen LogP) is 2.22. The van der Waals surface area contributed by atoms with Gasteiger partial charge in [0.2, 0.25) is 0 Å². The minimum absolute atomic E-state index is 0.0636. The third kappa shape index (κ3) is 4.76. The maximum absolute atomic E-state index is 12.2. The minimum Gasteiger partial charge on any atom is -0.347 e. The second-order valence-corrected chi connectivity index (χ2v) is 5.29. The Hall–Kier alpha value is -1.79. The van der Waals surface area contributed by atoms with Crippen molar-refractivity contribution in [1.82, 2.24) is 5.32 Å². The number of benzene rings is 1. The van der Waals surface area contributed by atoms with Gasteiger partial charge < -0.3 is 11.1 Å². The normalized spacial score (nSPS) is 10.6. The number of nitrogens with one attached hydrogen (secondary N) is 1. The standard InChI is InChI=1S/C16H22N2O/c1-5-16(3,4)18-15(19)14-10-12(2)9-13(11-14)7-6-8-17/h9-11H,5,8,17H2,1-4H3,(H,18,19). The van der Waals surface area contributed by atoms with Gasteiger partial charge in [-0.3, -0.25) is 4.79 Å². The quantitative estimate of drug-likeness (QED) is 0.817. The number of hydrogen-bond donors (Lipinski definition) is 2. The monoisotopic (exact) mass is 258 g/mol. The summed E-state index contributed by atoms with van der Waals surface area (Å²) in [5.74, 6) is 5.70. The van der Waals surface area contributed by atoms with Crippen LogP contribution in [0.25, 0.3) is 0 Å². The molecule has 1 aromatic rings. The molecule has 0 aliphatic heterocycles. The lowest BCUT2D eigenvalue weighted by Gasteiger charge is -2.24. The van der Waals surface area contributed by atoms with Crippen LogP contribution in [0.1, 0.15) is 48.7 Å². The van der Waals surface area contributed by atoms with Crippen LogP contribution in [0.3, 0.4) is 0 Å². The van der Waals surface area contributed by atoms with Crippen LogP contribution in [-0.4, -0.2) is 18.0 Å². The number of hydrogen-bond acceptors (Lipinski definition) is 2. The molecule has 0 unspecified atom stereocenters. The van der Waals surface area contributed by atoms with E-state index in [0.29, 0.717) is 12.1 Å². The molecule has 3 heteroatoms. The molecule has 1 aromatic carbocycles. The van der Waals surface area contributed by atoms with Crippen molar-refractivity contribution in [2.75, 3.05) is 6.54 Å². The fourth-order valence-corrected chi connectivity index (χ4v) is 1.61. The lowest BCUT2D eigenvalue weighted by atomic mass is 10.00. The molecule has 0 aliphatic carbocycles. The highest BCUT2D eigenvalue weighted by Gasteiger charge is 2.19. The zero-order chi connectivity index (χ0) is 14.5. The van der Waals surface area contributed by atoms with Gasteiger partial charge in [-0.2, -0.15) is 0 Å². The van der Waals surface area contributed by atoms with Gasteiger partial charge in [-0.1, -0.05) is 18.8 Å². The summed E-state index contributed by atoms with van der Waals surface area (Å²) in [5.41, 5.74) is 7.64. The predicted molar refractivity (Wildman–Crippen MR) is 78.9 cm³/mol. The highest BCUT2D eigenvalue weighted by atomic mass is 16.1. The van der Waals surface area contributed by atoms with E-state index in [1.165, 1.54) is 0 Å². The highest BCUT2D eigenvalue weighted by Crippen LogP contribution is 2.12. The zero-order valence-electron chi connectivity index (χ0n) is 12.1. The van der Waals surface area contributed by atoms with E-state index in [1.54, 1.807) is 6.07 Å². The largest absolute Gasteiger partial charge is 0.347 e. The summed E-state index contributed by atoms with van der Waals surface area (Å²) >= 11 is 0. The van der Waals surface area contributed by atoms with Gasteiger partial charge in [0.15, 0.2) is 0 Å². The third-order valence-corrected chi connectivity index (χ3v) is 3.01. The molecule has 0 aromatic heterocycles. The smallest absolute Gasteiger partial charge is 0.251 e. The lowest BCUT2D eigenvalue weighted by molar-refractivity contribution is 0.0911. The first-order chi connectivity index (χ1) is 8.88.